The summed E-state index contributed by atoms with van der Waals surface area (Å²) < 4.78 is 5.83. The van der Waals surface area contributed by atoms with Crippen molar-refractivity contribution in [2.75, 3.05) is 11.4 Å². The third kappa shape index (κ3) is 2.20. The summed E-state index contributed by atoms with van der Waals surface area (Å²) in [6.45, 7) is 4.31. The van der Waals surface area contributed by atoms with Crippen LogP contribution in [0.2, 0.25) is 0 Å². The van der Waals surface area contributed by atoms with Crippen LogP contribution in [0.5, 0.6) is 0 Å². The molecule has 2 N–H and O–H groups in total. The molecule has 0 fully saturated rings. The predicted molar refractivity (Wildman–Crippen MR) is 109 cm³/mol. The first-order chi connectivity index (χ1) is 13.6. The van der Waals surface area contributed by atoms with Crippen molar-refractivity contribution < 1.29 is 4.42 Å². The van der Waals surface area contributed by atoms with Gasteiger partial charge in [-0.1, -0.05) is 24.3 Å². The van der Waals surface area contributed by atoms with Crippen LogP contribution in [0.15, 0.2) is 46.9 Å². The number of rotatable bonds is 2. The van der Waals surface area contributed by atoms with Gasteiger partial charge in [-0.3, -0.25) is 10.3 Å². The summed E-state index contributed by atoms with van der Waals surface area (Å²) in [6.07, 6.45) is 0. The lowest BCUT2D eigenvalue weighted by atomic mass is 9.80. The second-order valence-electron chi connectivity index (χ2n) is 7.11. The van der Waals surface area contributed by atoms with Gasteiger partial charge in [0.15, 0.2) is 5.89 Å². The molecular formula is C22H19N5O. The van der Waals surface area contributed by atoms with E-state index in [9.17, 15) is 5.26 Å². The smallest absolute Gasteiger partial charge is 0.225 e. The van der Waals surface area contributed by atoms with E-state index in [1.54, 1.807) is 11.8 Å². The number of aromatic amines is 1. The van der Waals surface area contributed by atoms with Gasteiger partial charge in [0, 0.05) is 35.3 Å². The van der Waals surface area contributed by atoms with E-state index < -0.39 is 5.92 Å². The maximum Gasteiger partial charge on any atom is 0.225 e. The number of fused-ring (bicyclic) bond motifs is 4. The summed E-state index contributed by atoms with van der Waals surface area (Å²) in [5.74, 6) is 0.455. The predicted octanol–water partition coefficient (Wildman–Crippen LogP) is 4.71. The highest BCUT2D eigenvalue weighted by molar-refractivity contribution is 6.07. The van der Waals surface area contributed by atoms with Crippen LogP contribution in [0.3, 0.4) is 0 Å². The Morgan fingerprint density at radius 3 is 2.79 bits per heavy atom. The van der Waals surface area contributed by atoms with Crippen LogP contribution in [0.1, 0.15) is 30.0 Å². The standard InChI is InChI=1S/C22H19N5O/c1-3-27-21(24)16(11-23)19(20-22(27)28-12(2)25-20)13-8-9-18-15(10-13)14-6-4-5-7-17(14)26-18/h4-10,16,19,24,26H,3H2,1-2H3. The highest BCUT2D eigenvalue weighted by Crippen LogP contribution is 2.44. The van der Waals surface area contributed by atoms with Gasteiger partial charge in [0.1, 0.15) is 17.4 Å². The van der Waals surface area contributed by atoms with Gasteiger partial charge in [-0.25, -0.2) is 4.98 Å². The zero-order valence-electron chi connectivity index (χ0n) is 15.7. The van der Waals surface area contributed by atoms with Crippen molar-refractivity contribution in [2.24, 2.45) is 5.92 Å². The van der Waals surface area contributed by atoms with Crippen molar-refractivity contribution in [3.05, 3.63) is 59.6 Å². The molecule has 6 heteroatoms. The zero-order chi connectivity index (χ0) is 19.4. The second-order valence-corrected chi connectivity index (χ2v) is 7.11. The monoisotopic (exact) mass is 369 g/mol. The van der Waals surface area contributed by atoms with Crippen LogP contribution in [-0.4, -0.2) is 22.3 Å². The van der Waals surface area contributed by atoms with Crippen LogP contribution in [0.4, 0.5) is 5.88 Å². The van der Waals surface area contributed by atoms with Crippen molar-refractivity contribution in [1.29, 1.82) is 10.7 Å². The number of oxazole rings is 1. The molecule has 3 heterocycles. The number of hydrogen-bond acceptors (Lipinski definition) is 4. The average molecular weight is 369 g/mol. The van der Waals surface area contributed by atoms with Crippen molar-refractivity contribution in [3.8, 4) is 6.07 Å². The van der Waals surface area contributed by atoms with Gasteiger partial charge < -0.3 is 9.40 Å². The number of H-pyrrole nitrogens is 1. The molecule has 1 aliphatic rings. The van der Waals surface area contributed by atoms with E-state index in [0.29, 0.717) is 18.3 Å². The van der Waals surface area contributed by atoms with E-state index in [0.717, 1.165) is 33.1 Å². The third-order valence-electron chi connectivity index (χ3n) is 5.54. The minimum atomic E-state index is -0.611. The van der Waals surface area contributed by atoms with Gasteiger partial charge in [-0.05, 0) is 30.7 Å². The van der Waals surface area contributed by atoms with E-state index >= 15 is 0 Å². The van der Waals surface area contributed by atoms with Crippen LogP contribution in [0, 0.1) is 29.6 Å². The van der Waals surface area contributed by atoms with Gasteiger partial charge in [-0.15, -0.1) is 0 Å². The van der Waals surface area contributed by atoms with E-state index in [1.165, 1.54) is 0 Å². The molecule has 28 heavy (non-hydrogen) atoms. The number of nitrogens with one attached hydrogen (secondary N) is 2. The van der Waals surface area contributed by atoms with Crippen molar-refractivity contribution in [2.45, 2.75) is 19.8 Å². The summed E-state index contributed by atoms with van der Waals surface area (Å²) in [4.78, 5) is 9.78. The van der Waals surface area contributed by atoms with Crippen molar-refractivity contribution in [1.82, 2.24) is 9.97 Å². The minimum absolute atomic E-state index is 0.262. The third-order valence-corrected chi connectivity index (χ3v) is 5.54. The normalized spacial score (nSPS) is 19.2. The van der Waals surface area contributed by atoms with Crippen LogP contribution < -0.4 is 4.90 Å². The molecule has 0 bridgehead atoms. The first-order valence-corrected chi connectivity index (χ1v) is 9.35. The maximum absolute atomic E-state index is 9.90. The van der Waals surface area contributed by atoms with Crippen LogP contribution in [-0.2, 0) is 0 Å². The molecule has 2 aromatic carbocycles. The Morgan fingerprint density at radius 1 is 1.21 bits per heavy atom. The van der Waals surface area contributed by atoms with Crippen LogP contribution in [0.25, 0.3) is 21.8 Å². The number of para-hydroxylation sites is 1. The summed E-state index contributed by atoms with van der Waals surface area (Å²) in [5, 5.41) is 20.7. The number of aromatic nitrogens is 2. The molecule has 0 amide bonds. The van der Waals surface area contributed by atoms with Gasteiger partial charge in [-0.2, -0.15) is 5.26 Å². The Balaban J connectivity index is 1.75. The molecule has 6 nitrogen and oxygen atoms in total. The first kappa shape index (κ1) is 16.6. The first-order valence-electron chi connectivity index (χ1n) is 9.35. The van der Waals surface area contributed by atoms with Crippen molar-refractivity contribution >= 4 is 33.5 Å². The lowest BCUT2D eigenvalue weighted by Gasteiger charge is -2.34. The molecule has 4 aromatic rings. The Labute approximate surface area is 161 Å². The number of hydrogen-bond donors (Lipinski definition) is 2. The Morgan fingerprint density at radius 2 is 2.00 bits per heavy atom. The van der Waals surface area contributed by atoms with Gasteiger partial charge in [0.05, 0.1) is 12.0 Å². The number of aryl methyl sites for hydroxylation is 1. The lowest BCUT2D eigenvalue weighted by Crippen LogP contribution is -2.42. The molecule has 0 aliphatic carbocycles. The molecule has 5 rings (SSSR count). The van der Waals surface area contributed by atoms with E-state index in [-0.39, 0.29) is 11.8 Å². The fourth-order valence-electron chi connectivity index (χ4n) is 4.28. The quantitative estimate of drug-likeness (QED) is 0.535. The number of benzene rings is 2. The molecule has 2 atom stereocenters. The van der Waals surface area contributed by atoms with Gasteiger partial charge in [0.25, 0.3) is 0 Å². The molecule has 0 saturated carbocycles. The number of amidine groups is 1. The summed E-state index contributed by atoms with van der Waals surface area (Å²) >= 11 is 0. The summed E-state index contributed by atoms with van der Waals surface area (Å²) in [5.41, 5.74) is 3.84. The van der Waals surface area contributed by atoms with E-state index in [1.807, 2.05) is 31.2 Å². The number of nitriles is 1. The summed E-state index contributed by atoms with van der Waals surface area (Å²) in [7, 11) is 0. The minimum Gasteiger partial charge on any atom is -0.425 e. The van der Waals surface area contributed by atoms with Gasteiger partial charge in [0.2, 0.25) is 5.88 Å². The Kier molecular flexibility index (Phi) is 3.53. The zero-order valence-corrected chi connectivity index (χ0v) is 15.7. The fraction of sp³-hybridized carbons (Fsp3) is 0.227. The van der Waals surface area contributed by atoms with Crippen molar-refractivity contribution in [3.63, 3.8) is 0 Å². The highest BCUT2D eigenvalue weighted by atomic mass is 16.4. The SMILES string of the molecule is CCN1C(=N)C(C#N)C(c2ccc3[nH]c4ccccc4c3c2)c2nc(C)oc21. The molecule has 2 unspecified atom stereocenters. The molecule has 0 spiro atoms. The lowest BCUT2D eigenvalue weighted by molar-refractivity contribution is 0.514. The highest BCUT2D eigenvalue weighted by Gasteiger charge is 2.42. The molecule has 0 radical (unpaired) electrons. The number of anilines is 1. The van der Waals surface area contributed by atoms with Gasteiger partial charge >= 0.3 is 0 Å². The topological polar surface area (TPSA) is 92.7 Å². The number of nitrogens with zero attached hydrogens (tertiary/aromatic N) is 3. The van der Waals surface area contributed by atoms with E-state index in [4.69, 9.17) is 9.83 Å². The van der Waals surface area contributed by atoms with E-state index in [2.05, 4.69) is 34.2 Å². The Hall–Kier alpha value is -3.59. The summed E-state index contributed by atoms with van der Waals surface area (Å²) in [6, 6.07) is 16.7. The molecule has 138 valence electrons. The average Bonchev–Trinajstić information content (AvgIpc) is 3.26. The maximum atomic E-state index is 9.90. The fourth-order valence-corrected chi connectivity index (χ4v) is 4.28. The molecule has 2 aromatic heterocycles. The molecule has 1 aliphatic heterocycles. The second kappa shape index (κ2) is 5.96. The molecular weight excluding hydrogens is 350 g/mol. The Bertz CT molecular complexity index is 1280. The van der Waals surface area contributed by atoms with Crippen LogP contribution >= 0.6 is 0 Å². The largest absolute Gasteiger partial charge is 0.425 e. The molecule has 0 saturated heterocycles.